The largest absolute Gasteiger partial charge is 0.355 e. The van der Waals surface area contributed by atoms with Crippen molar-refractivity contribution in [2.24, 2.45) is 4.99 Å². The van der Waals surface area contributed by atoms with Gasteiger partial charge < -0.3 is 15.5 Å². The lowest BCUT2D eigenvalue weighted by Crippen LogP contribution is -2.50. The van der Waals surface area contributed by atoms with Crippen LogP contribution < -0.4 is 15.4 Å². The van der Waals surface area contributed by atoms with E-state index in [2.05, 4.69) is 39.1 Å². The number of sulfonamides is 1. The summed E-state index contributed by atoms with van der Waals surface area (Å²) in [5.41, 5.74) is 0. The molecule has 0 atom stereocenters. The minimum atomic E-state index is -3.57. The second-order valence-corrected chi connectivity index (χ2v) is 9.11. The van der Waals surface area contributed by atoms with Crippen molar-refractivity contribution in [2.45, 2.75) is 43.7 Å². The molecule has 0 aliphatic carbocycles. The number of guanidine groups is 1. The van der Waals surface area contributed by atoms with E-state index in [0.717, 1.165) is 25.9 Å². The molecule has 1 fully saturated rings. The van der Waals surface area contributed by atoms with Gasteiger partial charge in [-0.05, 0) is 44.9 Å². The number of nitrogens with one attached hydrogen (secondary N) is 3. The Morgan fingerprint density at radius 3 is 2.54 bits per heavy atom. The van der Waals surface area contributed by atoms with Crippen LogP contribution in [0.3, 0.4) is 0 Å². The van der Waals surface area contributed by atoms with Crippen molar-refractivity contribution in [3.8, 4) is 0 Å². The van der Waals surface area contributed by atoms with Crippen molar-refractivity contribution in [1.29, 1.82) is 0 Å². The van der Waals surface area contributed by atoms with Crippen LogP contribution in [0.15, 0.2) is 34.2 Å². The molecule has 28 heavy (non-hydrogen) atoms. The van der Waals surface area contributed by atoms with E-state index in [9.17, 15) is 8.42 Å². The van der Waals surface area contributed by atoms with Crippen LogP contribution in [0.1, 0.15) is 26.7 Å². The summed E-state index contributed by atoms with van der Waals surface area (Å²) in [6, 6.07) is 7.17. The third-order valence-electron chi connectivity index (χ3n) is 4.64. The van der Waals surface area contributed by atoms with Gasteiger partial charge in [0, 0.05) is 50.3 Å². The molecule has 1 aliphatic heterocycles. The second-order valence-electron chi connectivity index (χ2n) is 6.90. The summed E-state index contributed by atoms with van der Waals surface area (Å²) in [6.07, 6.45) is 2.14. The highest BCUT2D eigenvalue weighted by molar-refractivity contribution is 14.0. The van der Waals surface area contributed by atoms with Gasteiger partial charge in [0.2, 0.25) is 10.0 Å². The predicted molar refractivity (Wildman–Crippen MR) is 126 cm³/mol. The Balaban J connectivity index is 0.00000392. The van der Waals surface area contributed by atoms with Crippen molar-refractivity contribution in [1.82, 2.24) is 20.3 Å². The Morgan fingerprint density at radius 2 is 1.96 bits per heavy atom. The molecule has 160 valence electrons. The highest BCUT2D eigenvalue weighted by atomic mass is 127. The van der Waals surface area contributed by atoms with E-state index in [-0.39, 0.29) is 35.4 Å². The van der Waals surface area contributed by atoms with Crippen LogP contribution in [0, 0.1) is 0 Å². The first-order valence-corrected chi connectivity index (χ1v) is 11.1. The summed E-state index contributed by atoms with van der Waals surface area (Å²) >= 11 is 5.86. The fourth-order valence-corrected chi connectivity index (χ4v) is 4.36. The Morgan fingerprint density at radius 1 is 1.29 bits per heavy atom. The lowest BCUT2D eigenvalue weighted by molar-refractivity contribution is 0.167. The molecule has 0 amide bonds. The van der Waals surface area contributed by atoms with Crippen molar-refractivity contribution in [3.63, 3.8) is 0 Å². The van der Waals surface area contributed by atoms with Gasteiger partial charge in [-0.15, -0.1) is 24.0 Å². The average Bonchev–Trinajstić information content (AvgIpc) is 2.64. The van der Waals surface area contributed by atoms with Gasteiger partial charge in [-0.3, -0.25) is 4.99 Å². The van der Waals surface area contributed by atoms with Gasteiger partial charge in [0.25, 0.3) is 0 Å². The van der Waals surface area contributed by atoms with Gasteiger partial charge in [-0.1, -0.05) is 17.7 Å². The number of nitrogens with zero attached hydrogens (tertiary/aromatic N) is 2. The molecule has 3 N–H and O–H groups in total. The van der Waals surface area contributed by atoms with Crippen LogP contribution in [0.25, 0.3) is 0 Å². The van der Waals surface area contributed by atoms with Gasteiger partial charge in [0.05, 0.1) is 4.90 Å². The predicted octanol–water partition coefficient (Wildman–Crippen LogP) is 2.27. The minimum Gasteiger partial charge on any atom is -0.355 e. The SMILES string of the molecule is CN=C(NCCNS(=O)(=O)c1cccc(Cl)c1)NC1CCN(C(C)C)CC1.I. The first-order valence-electron chi connectivity index (χ1n) is 9.28. The van der Waals surface area contributed by atoms with Gasteiger partial charge in [0.1, 0.15) is 0 Å². The fraction of sp³-hybridized carbons (Fsp3) is 0.611. The molecule has 0 saturated carbocycles. The smallest absolute Gasteiger partial charge is 0.240 e. The van der Waals surface area contributed by atoms with Crippen molar-refractivity contribution >= 4 is 51.6 Å². The maximum atomic E-state index is 12.3. The third kappa shape index (κ3) is 8.02. The fourth-order valence-electron chi connectivity index (χ4n) is 3.03. The monoisotopic (exact) mass is 543 g/mol. The zero-order valence-corrected chi connectivity index (χ0v) is 20.5. The van der Waals surface area contributed by atoms with E-state index in [4.69, 9.17) is 11.6 Å². The lowest BCUT2D eigenvalue weighted by Gasteiger charge is -2.35. The minimum absolute atomic E-state index is 0. The van der Waals surface area contributed by atoms with Crippen LogP contribution in [0.4, 0.5) is 0 Å². The van der Waals surface area contributed by atoms with Crippen LogP contribution in [-0.4, -0.2) is 64.6 Å². The van der Waals surface area contributed by atoms with Gasteiger partial charge >= 0.3 is 0 Å². The number of likely N-dealkylation sites (tertiary alicyclic amines) is 1. The first kappa shape index (κ1) is 25.4. The van der Waals surface area contributed by atoms with Gasteiger partial charge in [-0.25, -0.2) is 13.1 Å². The molecule has 10 heteroatoms. The van der Waals surface area contributed by atoms with Gasteiger partial charge in [-0.2, -0.15) is 0 Å². The quantitative estimate of drug-likeness (QED) is 0.213. The summed E-state index contributed by atoms with van der Waals surface area (Å²) < 4.78 is 27.1. The summed E-state index contributed by atoms with van der Waals surface area (Å²) in [6.45, 7) is 7.28. The molecule has 0 aromatic heterocycles. The van der Waals surface area contributed by atoms with E-state index in [0.29, 0.717) is 29.6 Å². The zero-order valence-electron chi connectivity index (χ0n) is 16.6. The number of benzene rings is 1. The van der Waals surface area contributed by atoms with Crippen LogP contribution in [0.2, 0.25) is 5.02 Å². The van der Waals surface area contributed by atoms with Crippen LogP contribution >= 0.6 is 35.6 Å². The topological polar surface area (TPSA) is 85.8 Å². The van der Waals surface area contributed by atoms with E-state index in [1.54, 1.807) is 19.2 Å². The van der Waals surface area contributed by atoms with Crippen molar-refractivity contribution in [3.05, 3.63) is 29.3 Å². The Hall–Kier alpha value is -0.620. The molecule has 1 aromatic rings. The van der Waals surface area contributed by atoms with Crippen LogP contribution in [-0.2, 0) is 10.0 Å². The maximum Gasteiger partial charge on any atom is 0.240 e. The summed E-state index contributed by atoms with van der Waals surface area (Å²) in [5, 5.41) is 6.97. The molecule has 2 rings (SSSR count). The number of piperidine rings is 1. The normalized spacial score (nSPS) is 16.7. The number of rotatable bonds is 7. The molecular formula is C18H31ClIN5O2S. The molecule has 0 spiro atoms. The highest BCUT2D eigenvalue weighted by Gasteiger charge is 2.21. The Bertz CT molecular complexity index is 737. The van der Waals surface area contributed by atoms with E-state index in [1.807, 2.05) is 0 Å². The number of aliphatic imine (C=N–C) groups is 1. The number of hydrogen-bond acceptors (Lipinski definition) is 4. The molecule has 1 saturated heterocycles. The molecule has 1 heterocycles. The van der Waals surface area contributed by atoms with E-state index >= 15 is 0 Å². The first-order chi connectivity index (χ1) is 12.8. The van der Waals surface area contributed by atoms with E-state index in [1.165, 1.54) is 12.1 Å². The maximum absolute atomic E-state index is 12.3. The molecular weight excluding hydrogens is 513 g/mol. The molecule has 0 bridgehead atoms. The standard InChI is InChI=1S/C18H30ClN5O2S.HI/c1-14(2)24-11-7-16(8-12-24)23-18(20-3)21-9-10-22-27(25,26)17-6-4-5-15(19)13-17;/h4-6,13-14,16,22H,7-12H2,1-3H3,(H2,20,21,23);1H. The van der Waals surface area contributed by atoms with Crippen molar-refractivity contribution in [2.75, 3.05) is 33.2 Å². The summed E-state index contributed by atoms with van der Waals surface area (Å²) in [7, 11) is -1.85. The number of hydrogen-bond donors (Lipinski definition) is 3. The number of halogens is 2. The summed E-state index contributed by atoms with van der Waals surface area (Å²) in [5.74, 6) is 0.694. The summed E-state index contributed by atoms with van der Waals surface area (Å²) in [4.78, 5) is 6.86. The molecule has 0 radical (unpaired) electrons. The van der Waals surface area contributed by atoms with Crippen LogP contribution in [0.5, 0.6) is 0 Å². The highest BCUT2D eigenvalue weighted by Crippen LogP contribution is 2.15. The molecule has 7 nitrogen and oxygen atoms in total. The van der Waals surface area contributed by atoms with Crippen molar-refractivity contribution < 1.29 is 8.42 Å². The Labute approximate surface area is 190 Å². The molecule has 1 aliphatic rings. The third-order valence-corrected chi connectivity index (χ3v) is 6.33. The lowest BCUT2D eigenvalue weighted by atomic mass is 10.0. The molecule has 0 unspecified atom stereocenters. The Kier molecular flexibility index (Phi) is 11.0. The zero-order chi connectivity index (χ0) is 19.9. The molecule has 1 aromatic carbocycles. The second kappa shape index (κ2) is 12.2. The average molecular weight is 544 g/mol. The van der Waals surface area contributed by atoms with E-state index < -0.39 is 10.0 Å². The van der Waals surface area contributed by atoms with Gasteiger partial charge in [0.15, 0.2) is 5.96 Å².